The van der Waals surface area contributed by atoms with E-state index < -0.39 is 23.5 Å². The van der Waals surface area contributed by atoms with Gasteiger partial charge in [-0.2, -0.15) is 0 Å². The van der Waals surface area contributed by atoms with Crippen LogP contribution in [-0.2, 0) is 4.74 Å². The number of ether oxygens (including phenoxy) is 1. The van der Waals surface area contributed by atoms with Crippen LogP contribution in [0.25, 0.3) is 0 Å². The van der Waals surface area contributed by atoms with Gasteiger partial charge in [-0.15, -0.1) is 0 Å². The molecule has 0 bridgehead atoms. The summed E-state index contributed by atoms with van der Waals surface area (Å²) in [5, 5.41) is 5.38. The monoisotopic (exact) mass is 397 g/mol. The van der Waals surface area contributed by atoms with Crippen LogP contribution >= 0.6 is 0 Å². The second kappa shape index (κ2) is 8.92. The van der Waals surface area contributed by atoms with E-state index in [1.165, 1.54) is 12.3 Å². The summed E-state index contributed by atoms with van der Waals surface area (Å²) in [6.07, 6.45) is 1.40. The number of nitrogens with one attached hydrogen (secondary N) is 2. The summed E-state index contributed by atoms with van der Waals surface area (Å²) in [7, 11) is 0. The predicted molar refractivity (Wildman–Crippen MR) is 104 cm³/mol. The molecule has 29 heavy (non-hydrogen) atoms. The first-order valence-corrected chi connectivity index (χ1v) is 8.73. The van der Waals surface area contributed by atoms with E-state index in [9.17, 15) is 18.4 Å². The summed E-state index contributed by atoms with van der Waals surface area (Å²) >= 11 is 0. The van der Waals surface area contributed by atoms with Crippen LogP contribution in [0.15, 0.2) is 60.8 Å². The van der Waals surface area contributed by atoms with Crippen molar-refractivity contribution in [2.75, 3.05) is 17.2 Å². The molecule has 148 valence electrons. The van der Waals surface area contributed by atoms with Crippen molar-refractivity contribution in [1.82, 2.24) is 4.98 Å². The standard InChI is InChI=1S/C21H17F2N3O3/c1-2-29-21(28)15-5-3-4-6-17(15)25-14-8-10-19(24-12-14)20(27)26-18-9-7-13(22)11-16(18)23/h3-12,25H,2H2,1H3,(H,26,27). The van der Waals surface area contributed by atoms with Gasteiger partial charge in [0, 0.05) is 6.07 Å². The highest BCUT2D eigenvalue weighted by molar-refractivity contribution is 6.03. The average molecular weight is 397 g/mol. The molecule has 0 unspecified atom stereocenters. The minimum atomic E-state index is -0.882. The lowest BCUT2D eigenvalue weighted by Crippen LogP contribution is -2.14. The van der Waals surface area contributed by atoms with Crippen LogP contribution in [0.2, 0.25) is 0 Å². The summed E-state index contributed by atoms with van der Waals surface area (Å²) in [6, 6.07) is 12.7. The van der Waals surface area contributed by atoms with Gasteiger partial charge in [-0.3, -0.25) is 4.79 Å². The van der Waals surface area contributed by atoms with E-state index in [4.69, 9.17) is 4.74 Å². The Morgan fingerprint density at radius 2 is 1.83 bits per heavy atom. The predicted octanol–water partition coefficient (Wildman–Crippen LogP) is 4.53. The number of nitrogens with zero attached hydrogens (tertiary/aromatic N) is 1. The molecule has 0 atom stereocenters. The number of halogens is 2. The topological polar surface area (TPSA) is 80.3 Å². The number of carbonyl (C=O) groups is 2. The normalized spacial score (nSPS) is 10.3. The summed E-state index contributed by atoms with van der Waals surface area (Å²) in [4.78, 5) is 28.3. The van der Waals surface area contributed by atoms with Gasteiger partial charge in [0.15, 0.2) is 0 Å². The molecule has 8 heteroatoms. The van der Waals surface area contributed by atoms with E-state index in [1.54, 1.807) is 37.3 Å². The minimum Gasteiger partial charge on any atom is -0.462 e. The zero-order valence-corrected chi connectivity index (χ0v) is 15.4. The first-order valence-electron chi connectivity index (χ1n) is 8.73. The number of esters is 1. The molecule has 6 nitrogen and oxygen atoms in total. The third-order valence-electron chi connectivity index (χ3n) is 3.88. The van der Waals surface area contributed by atoms with Crippen LogP contribution in [0.4, 0.5) is 25.8 Å². The smallest absolute Gasteiger partial charge is 0.340 e. The Labute approximate surface area is 165 Å². The van der Waals surface area contributed by atoms with Gasteiger partial charge in [-0.05, 0) is 43.3 Å². The van der Waals surface area contributed by atoms with Crippen LogP contribution in [0.1, 0.15) is 27.8 Å². The Balaban J connectivity index is 1.72. The van der Waals surface area contributed by atoms with Crippen molar-refractivity contribution >= 4 is 28.9 Å². The van der Waals surface area contributed by atoms with Crippen molar-refractivity contribution in [3.63, 3.8) is 0 Å². The van der Waals surface area contributed by atoms with E-state index in [1.807, 2.05) is 0 Å². The molecular weight excluding hydrogens is 380 g/mol. The van der Waals surface area contributed by atoms with E-state index in [2.05, 4.69) is 15.6 Å². The maximum absolute atomic E-state index is 13.7. The second-order valence-electron chi connectivity index (χ2n) is 5.90. The number of benzene rings is 2. The highest BCUT2D eigenvalue weighted by Gasteiger charge is 2.14. The maximum Gasteiger partial charge on any atom is 0.340 e. The van der Waals surface area contributed by atoms with Gasteiger partial charge in [0.1, 0.15) is 17.3 Å². The summed E-state index contributed by atoms with van der Waals surface area (Å²) in [6.45, 7) is 1.98. The summed E-state index contributed by atoms with van der Waals surface area (Å²) in [5.74, 6) is -2.72. The number of anilines is 3. The number of para-hydroxylation sites is 1. The number of carbonyl (C=O) groups excluding carboxylic acids is 2. The third kappa shape index (κ3) is 4.92. The van der Waals surface area contributed by atoms with E-state index in [0.29, 0.717) is 23.0 Å². The molecule has 0 fully saturated rings. The lowest BCUT2D eigenvalue weighted by atomic mass is 10.1. The van der Waals surface area contributed by atoms with Gasteiger partial charge in [0.25, 0.3) is 5.91 Å². The van der Waals surface area contributed by atoms with Gasteiger partial charge in [-0.1, -0.05) is 12.1 Å². The average Bonchev–Trinajstić information content (AvgIpc) is 2.71. The highest BCUT2D eigenvalue weighted by Crippen LogP contribution is 2.22. The van der Waals surface area contributed by atoms with Crippen LogP contribution in [0.5, 0.6) is 0 Å². The van der Waals surface area contributed by atoms with Crippen molar-refractivity contribution in [1.29, 1.82) is 0 Å². The van der Waals surface area contributed by atoms with Gasteiger partial charge in [-0.25, -0.2) is 18.6 Å². The van der Waals surface area contributed by atoms with Crippen molar-refractivity contribution in [3.8, 4) is 0 Å². The maximum atomic E-state index is 13.7. The molecule has 2 aromatic carbocycles. The van der Waals surface area contributed by atoms with Crippen molar-refractivity contribution < 1.29 is 23.1 Å². The molecule has 0 radical (unpaired) electrons. The number of rotatable bonds is 6. The van der Waals surface area contributed by atoms with Crippen molar-refractivity contribution in [2.24, 2.45) is 0 Å². The molecule has 0 aliphatic heterocycles. The van der Waals surface area contributed by atoms with E-state index in [0.717, 1.165) is 12.1 Å². The van der Waals surface area contributed by atoms with Crippen molar-refractivity contribution in [3.05, 3.63) is 83.7 Å². The van der Waals surface area contributed by atoms with Gasteiger partial charge in [0.2, 0.25) is 0 Å². The molecule has 3 rings (SSSR count). The molecular formula is C21H17F2N3O3. The number of amides is 1. The number of aromatic nitrogens is 1. The van der Waals surface area contributed by atoms with Gasteiger partial charge in [0.05, 0.1) is 35.4 Å². The lowest BCUT2D eigenvalue weighted by Gasteiger charge is -2.11. The zero-order chi connectivity index (χ0) is 20.8. The Bertz CT molecular complexity index is 1040. The largest absolute Gasteiger partial charge is 0.462 e. The van der Waals surface area contributed by atoms with E-state index >= 15 is 0 Å². The first-order chi connectivity index (χ1) is 14.0. The van der Waals surface area contributed by atoms with Crippen LogP contribution in [-0.4, -0.2) is 23.5 Å². The SMILES string of the molecule is CCOC(=O)c1ccccc1Nc1ccc(C(=O)Nc2ccc(F)cc2F)nc1. The molecule has 0 spiro atoms. The van der Waals surface area contributed by atoms with Crippen LogP contribution in [0, 0.1) is 11.6 Å². The van der Waals surface area contributed by atoms with E-state index in [-0.39, 0.29) is 18.0 Å². The van der Waals surface area contributed by atoms with Gasteiger partial charge < -0.3 is 15.4 Å². The molecule has 0 saturated carbocycles. The summed E-state index contributed by atoms with van der Waals surface area (Å²) in [5.41, 5.74) is 1.31. The molecule has 1 aromatic heterocycles. The fourth-order valence-corrected chi connectivity index (χ4v) is 2.51. The van der Waals surface area contributed by atoms with Gasteiger partial charge >= 0.3 is 5.97 Å². The number of hydrogen-bond acceptors (Lipinski definition) is 5. The Morgan fingerprint density at radius 1 is 1.03 bits per heavy atom. The van der Waals surface area contributed by atoms with Crippen LogP contribution < -0.4 is 10.6 Å². The molecule has 1 heterocycles. The molecule has 0 aliphatic carbocycles. The molecule has 2 N–H and O–H groups in total. The Hall–Kier alpha value is -3.81. The summed E-state index contributed by atoms with van der Waals surface area (Å²) < 4.78 is 31.6. The number of hydrogen-bond donors (Lipinski definition) is 2. The second-order valence-corrected chi connectivity index (χ2v) is 5.90. The quantitative estimate of drug-likeness (QED) is 0.598. The van der Waals surface area contributed by atoms with Crippen LogP contribution in [0.3, 0.4) is 0 Å². The zero-order valence-electron chi connectivity index (χ0n) is 15.4. The Morgan fingerprint density at radius 3 is 2.52 bits per heavy atom. The Kier molecular flexibility index (Phi) is 6.13. The fraction of sp³-hybridized carbons (Fsp3) is 0.0952. The number of pyridine rings is 1. The van der Waals surface area contributed by atoms with Crippen molar-refractivity contribution in [2.45, 2.75) is 6.92 Å². The molecule has 1 amide bonds. The fourth-order valence-electron chi connectivity index (χ4n) is 2.51. The molecule has 0 saturated heterocycles. The minimum absolute atomic E-state index is 0.0398. The third-order valence-corrected chi connectivity index (χ3v) is 3.88. The molecule has 0 aliphatic rings. The lowest BCUT2D eigenvalue weighted by molar-refractivity contribution is 0.0527. The molecule has 3 aromatic rings. The highest BCUT2D eigenvalue weighted by atomic mass is 19.1. The first kappa shape index (κ1) is 19.9.